The first kappa shape index (κ1) is 29.9. The van der Waals surface area contributed by atoms with Gasteiger partial charge in [0.15, 0.2) is 4.80 Å². The van der Waals surface area contributed by atoms with Crippen LogP contribution in [-0.2, 0) is 16.1 Å². The number of esters is 1. The van der Waals surface area contributed by atoms with E-state index in [9.17, 15) is 19.2 Å². The van der Waals surface area contributed by atoms with Crippen molar-refractivity contribution in [2.24, 2.45) is 4.99 Å². The summed E-state index contributed by atoms with van der Waals surface area (Å²) in [6, 6.07) is 18.0. The first-order valence-electron chi connectivity index (χ1n) is 12.8. The van der Waals surface area contributed by atoms with Gasteiger partial charge in [0.05, 0.1) is 43.7 Å². The van der Waals surface area contributed by atoms with Gasteiger partial charge in [0, 0.05) is 15.6 Å². The molecule has 7 nitrogen and oxygen atoms in total. The second-order valence-electron chi connectivity index (χ2n) is 9.22. The largest absolute Gasteiger partial charge is 0.487 e. The molecule has 5 rings (SSSR count). The third-order valence-electron chi connectivity index (χ3n) is 6.54. The van der Waals surface area contributed by atoms with E-state index < -0.39 is 17.8 Å². The molecule has 11 heteroatoms. The molecule has 0 radical (unpaired) electrons. The number of carbonyl (C=O) groups excluding carboxylic acids is 1. The van der Waals surface area contributed by atoms with Gasteiger partial charge in [-0.1, -0.05) is 57.6 Å². The molecule has 212 valence electrons. The van der Waals surface area contributed by atoms with E-state index in [0.29, 0.717) is 37.5 Å². The van der Waals surface area contributed by atoms with Gasteiger partial charge in [-0.25, -0.2) is 14.2 Å². The van der Waals surface area contributed by atoms with Crippen LogP contribution >= 0.6 is 49.9 Å². The van der Waals surface area contributed by atoms with E-state index >= 15 is 0 Å². The molecule has 42 heavy (non-hydrogen) atoms. The number of benzene rings is 3. The van der Waals surface area contributed by atoms with Crippen molar-refractivity contribution in [2.75, 3.05) is 6.61 Å². The Morgan fingerprint density at radius 3 is 2.69 bits per heavy atom. The average Bonchev–Trinajstić information content (AvgIpc) is 3.26. The Hall–Kier alpha value is -3.60. The molecular formula is C31H22BrFIN3O4S. The number of nitriles is 1. The van der Waals surface area contributed by atoms with Crippen LogP contribution in [0.4, 0.5) is 4.39 Å². The maximum atomic E-state index is 14.0. The summed E-state index contributed by atoms with van der Waals surface area (Å²) in [5, 5.41) is 9.47. The second kappa shape index (κ2) is 12.7. The molecular weight excluding hydrogens is 736 g/mol. The van der Waals surface area contributed by atoms with Gasteiger partial charge in [-0.3, -0.25) is 9.36 Å². The Morgan fingerprint density at radius 2 is 1.98 bits per heavy atom. The Labute approximate surface area is 266 Å². The minimum atomic E-state index is -0.844. The average molecular weight is 758 g/mol. The third kappa shape index (κ3) is 5.97. The van der Waals surface area contributed by atoms with Crippen LogP contribution in [0.3, 0.4) is 0 Å². The van der Waals surface area contributed by atoms with Crippen molar-refractivity contribution in [3.8, 4) is 11.8 Å². The molecule has 1 aliphatic heterocycles. The number of thiazole rings is 1. The van der Waals surface area contributed by atoms with E-state index in [0.717, 1.165) is 13.6 Å². The number of hydrogen-bond donors (Lipinski definition) is 0. The molecule has 0 aliphatic carbocycles. The molecule has 2 heterocycles. The Morgan fingerprint density at radius 1 is 1.24 bits per heavy atom. The number of allylic oxidation sites excluding steroid dienone is 1. The normalized spacial score (nSPS) is 14.7. The maximum Gasteiger partial charge on any atom is 0.338 e. The third-order valence-corrected chi connectivity index (χ3v) is 8.78. The number of hydrogen-bond acceptors (Lipinski definition) is 7. The number of nitrogens with zero attached hydrogens (tertiary/aromatic N) is 3. The number of carbonyl (C=O) groups is 1. The summed E-state index contributed by atoms with van der Waals surface area (Å²) in [5.41, 5.74) is 2.75. The molecule has 3 aromatic carbocycles. The topological polar surface area (TPSA) is 93.7 Å². The van der Waals surface area contributed by atoms with Crippen LogP contribution in [-0.4, -0.2) is 17.1 Å². The summed E-state index contributed by atoms with van der Waals surface area (Å²) in [7, 11) is 0. The summed E-state index contributed by atoms with van der Waals surface area (Å²) >= 11 is 6.89. The van der Waals surface area contributed by atoms with Crippen LogP contribution in [0.2, 0.25) is 0 Å². The van der Waals surface area contributed by atoms with E-state index in [1.807, 2.05) is 24.3 Å². The van der Waals surface area contributed by atoms with E-state index in [1.54, 1.807) is 44.2 Å². The molecule has 0 fully saturated rings. The van der Waals surface area contributed by atoms with E-state index in [1.165, 1.54) is 28.0 Å². The molecule has 0 spiro atoms. The zero-order chi connectivity index (χ0) is 30.0. The van der Waals surface area contributed by atoms with Crippen molar-refractivity contribution in [3.05, 3.63) is 128 Å². The fraction of sp³-hybridized carbons (Fsp3) is 0.161. The highest BCUT2D eigenvalue weighted by molar-refractivity contribution is 14.1. The Balaban J connectivity index is 1.65. The maximum absolute atomic E-state index is 14.0. The van der Waals surface area contributed by atoms with Gasteiger partial charge < -0.3 is 9.47 Å². The summed E-state index contributed by atoms with van der Waals surface area (Å²) < 4.78 is 28.8. The lowest BCUT2D eigenvalue weighted by Gasteiger charge is -2.24. The lowest BCUT2D eigenvalue weighted by atomic mass is 9.96. The van der Waals surface area contributed by atoms with Crippen LogP contribution < -0.4 is 19.6 Å². The van der Waals surface area contributed by atoms with Gasteiger partial charge in [-0.15, -0.1) is 0 Å². The molecule has 4 aromatic rings. The first-order valence-corrected chi connectivity index (χ1v) is 15.5. The molecule has 1 aromatic heterocycles. The fourth-order valence-electron chi connectivity index (χ4n) is 4.64. The van der Waals surface area contributed by atoms with Gasteiger partial charge in [0.1, 0.15) is 18.2 Å². The fourth-order valence-corrected chi connectivity index (χ4v) is 7.38. The first-order chi connectivity index (χ1) is 20.2. The van der Waals surface area contributed by atoms with E-state index in [4.69, 9.17) is 9.47 Å². The van der Waals surface area contributed by atoms with Crippen LogP contribution in [0.25, 0.3) is 6.08 Å². The van der Waals surface area contributed by atoms with E-state index in [2.05, 4.69) is 49.6 Å². The molecule has 0 bridgehead atoms. The van der Waals surface area contributed by atoms with Crippen LogP contribution in [0.1, 0.15) is 42.1 Å². The highest BCUT2D eigenvalue weighted by Crippen LogP contribution is 2.33. The molecule has 0 saturated heterocycles. The highest BCUT2D eigenvalue weighted by Gasteiger charge is 2.33. The monoisotopic (exact) mass is 757 g/mol. The van der Waals surface area contributed by atoms with Crippen molar-refractivity contribution in [1.82, 2.24) is 4.57 Å². The van der Waals surface area contributed by atoms with Crippen molar-refractivity contribution >= 4 is 61.9 Å². The van der Waals surface area contributed by atoms with Gasteiger partial charge in [-0.05, 0) is 78.4 Å². The van der Waals surface area contributed by atoms with Crippen LogP contribution in [0.5, 0.6) is 5.75 Å². The zero-order valence-electron chi connectivity index (χ0n) is 22.4. The predicted molar refractivity (Wildman–Crippen MR) is 169 cm³/mol. The Bertz CT molecular complexity index is 1960. The summed E-state index contributed by atoms with van der Waals surface area (Å²) in [5.74, 6) is -0.466. The van der Waals surface area contributed by atoms with Crippen molar-refractivity contribution in [1.29, 1.82) is 5.26 Å². The van der Waals surface area contributed by atoms with Gasteiger partial charge in [0.25, 0.3) is 5.56 Å². The smallest absolute Gasteiger partial charge is 0.338 e. The molecule has 0 N–H and O–H groups in total. The quantitative estimate of drug-likeness (QED) is 0.177. The molecule has 1 aliphatic rings. The standard InChI is InChI=1S/C31H22BrFIN3O4S/c1-3-40-30(39)26-17(2)36-31-37(27(26)18-8-10-23(33)11-9-18)29(38)25(42-31)13-21-12-22(32)14-24(34)28(21)41-16-20-7-5-4-6-19(20)15-35/h4-14,27H,3,16H2,1-2H3/b25-13-/t27-/m1/s1. The Kier molecular flexibility index (Phi) is 9.05. The molecule has 1 atom stereocenters. The van der Waals surface area contributed by atoms with E-state index in [-0.39, 0.29) is 24.3 Å². The minimum Gasteiger partial charge on any atom is -0.487 e. The van der Waals surface area contributed by atoms with Crippen molar-refractivity contribution in [2.45, 2.75) is 26.5 Å². The number of rotatable bonds is 7. The summed E-state index contributed by atoms with van der Waals surface area (Å²) in [4.78, 5) is 32.0. The summed E-state index contributed by atoms with van der Waals surface area (Å²) in [6.45, 7) is 3.71. The van der Waals surface area contributed by atoms with Crippen molar-refractivity contribution < 1.29 is 18.7 Å². The highest BCUT2D eigenvalue weighted by atomic mass is 127. The SMILES string of the molecule is CCOC(=O)C1=C(C)N=c2s/c(=C\c3cc(Br)cc(I)c3OCc3ccccc3C#N)c(=O)n2[C@@H]1c1ccc(F)cc1. The second-order valence-corrected chi connectivity index (χ2v) is 12.3. The lowest BCUT2D eigenvalue weighted by molar-refractivity contribution is -0.139. The summed E-state index contributed by atoms with van der Waals surface area (Å²) in [6.07, 6.45) is 1.73. The van der Waals surface area contributed by atoms with Crippen LogP contribution in [0, 0.1) is 20.7 Å². The van der Waals surface area contributed by atoms with Crippen molar-refractivity contribution in [3.63, 3.8) is 0 Å². The molecule has 0 amide bonds. The van der Waals surface area contributed by atoms with Gasteiger partial charge in [-0.2, -0.15) is 5.26 Å². The number of aromatic nitrogens is 1. The molecule has 0 saturated carbocycles. The number of ether oxygens (including phenoxy) is 2. The van der Waals surface area contributed by atoms with Gasteiger partial charge >= 0.3 is 5.97 Å². The van der Waals surface area contributed by atoms with Gasteiger partial charge in [0.2, 0.25) is 0 Å². The number of fused-ring (bicyclic) bond motifs is 1. The zero-order valence-corrected chi connectivity index (χ0v) is 26.9. The minimum absolute atomic E-state index is 0.152. The van der Waals surface area contributed by atoms with Crippen LogP contribution in [0.15, 0.2) is 86.2 Å². The number of halogens is 3. The predicted octanol–water partition coefficient (Wildman–Crippen LogP) is 5.76. The lowest BCUT2D eigenvalue weighted by Crippen LogP contribution is -2.39. The molecule has 0 unspecified atom stereocenters.